The Balaban J connectivity index is 1.61. The van der Waals surface area contributed by atoms with E-state index in [4.69, 9.17) is 11.6 Å². The second-order valence-electron chi connectivity index (χ2n) is 4.82. The van der Waals surface area contributed by atoms with Crippen molar-refractivity contribution in [2.45, 2.75) is 12.8 Å². The van der Waals surface area contributed by atoms with Crippen LogP contribution in [0.2, 0.25) is 5.02 Å². The van der Waals surface area contributed by atoms with E-state index in [9.17, 15) is 4.79 Å². The van der Waals surface area contributed by atoms with Gasteiger partial charge in [-0.3, -0.25) is 4.79 Å². The highest BCUT2D eigenvalue weighted by molar-refractivity contribution is 6.30. The van der Waals surface area contributed by atoms with Gasteiger partial charge in [-0.2, -0.15) is 0 Å². The van der Waals surface area contributed by atoms with Crippen LogP contribution in [0.3, 0.4) is 0 Å². The van der Waals surface area contributed by atoms with E-state index in [-0.39, 0.29) is 5.91 Å². The molecule has 0 spiro atoms. The lowest BCUT2D eigenvalue weighted by atomic mass is 10.1. The molecule has 0 fully saturated rings. The van der Waals surface area contributed by atoms with Crippen LogP contribution in [-0.2, 0) is 11.2 Å². The van der Waals surface area contributed by atoms with E-state index in [1.54, 1.807) is 12.1 Å². The zero-order valence-electron chi connectivity index (χ0n) is 11.8. The number of anilines is 1. The van der Waals surface area contributed by atoms with Crippen LogP contribution in [-0.4, -0.2) is 19.0 Å². The molecule has 2 N–H and O–H groups in total. The van der Waals surface area contributed by atoms with Gasteiger partial charge in [0.05, 0.1) is 6.54 Å². The molecule has 2 aromatic rings. The van der Waals surface area contributed by atoms with Gasteiger partial charge in [0.2, 0.25) is 5.91 Å². The Hall–Kier alpha value is -1.84. The molecule has 0 aliphatic heterocycles. The van der Waals surface area contributed by atoms with E-state index in [1.807, 2.05) is 30.3 Å². The van der Waals surface area contributed by atoms with Crippen molar-refractivity contribution in [3.8, 4) is 0 Å². The van der Waals surface area contributed by atoms with Gasteiger partial charge in [-0.1, -0.05) is 48.0 Å². The van der Waals surface area contributed by atoms with Crippen LogP contribution in [0.5, 0.6) is 0 Å². The van der Waals surface area contributed by atoms with Gasteiger partial charge in [-0.15, -0.1) is 0 Å². The molecule has 3 nitrogen and oxygen atoms in total. The minimum atomic E-state index is -0.0584. The molecular weight excluding hydrogens is 284 g/mol. The first-order chi connectivity index (χ1) is 10.2. The molecule has 0 radical (unpaired) electrons. The predicted octanol–water partition coefficient (Wildman–Crippen LogP) is 3.50. The van der Waals surface area contributed by atoms with Gasteiger partial charge < -0.3 is 10.6 Å². The molecule has 0 atom stereocenters. The van der Waals surface area contributed by atoms with Crippen molar-refractivity contribution in [1.82, 2.24) is 5.32 Å². The number of nitrogens with one attached hydrogen (secondary N) is 2. The molecule has 0 unspecified atom stereocenters. The summed E-state index contributed by atoms with van der Waals surface area (Å²) < 4.78 is 0. The molecule has 1 amide bonds. The molecule has 21 heavy (non-hydrogen) atoms. The van der Waals surface area contributed by atoms with Crippen LogP contribution in [0, 0.1) is 0 Å². The molecule has 0 aliphatic rings. The van der Waals surface area contributed by atoms with Crippen molar-refractivity contribution in [1.29, 1.82) is 0 Å². The summed E-state index contributed by atoms with van der Waals surface area (Å²) in [5, 5.41) is 6.57. The molecule has 0 saturated heterocycles. The second-order valence-corrected chi connectivity index (χ2v) is 5.26. The van der Waals surface area contributed by atoms with Gasteiger partial charge in [0.1, 0.15) is 0 Å². The Morgan fingerprint density at radius 3 is 2.62 bits per heavy atom. The topological polar surface area (TPSA) is 41.1 Å². The summed E-state index contributed by atoms with van der Waals surface area (Å²) in [5.41, 5.74) is 2.04. The Bertz CT molecular complexity index is 572. The first-order valence-electron chi connectivity index (χ1n) is 7.04. The highest BCUT2D eigenvalue weighted by Crippen LogP contribution is 2.14. The second kappa shape index (κ2) is 8.45. The highest BCUT2D eigenvalue weighted by Gasteiger charge is 2.02. The Labute approximate surface area is 130 Å². The summed E-state index contributed by atoms with van der Waals surface area (Å²) in [6.07, 6.45) is 2.03. The minimum absolute atomic E-state index is 0.0584. The molecule has 0 heterocycles. The van der Waals surface area contributed by atoms with Crippen molar-refractivity contribution >= 4 is 23.2 Å². The van der Waals surface area contributed by atoms with E-state index in [1.165, 1.54) is 5.56 Å². The van der Waals surface area contributed by atoms with Gasteiger partial charge >= 0.3 is 0 Å². The fourth-order valence-corrected chi connectivity index (χ4v) is 2.23. The van der Waals surface area contributed by atoms with Crippen LogP contribution in [0.4, 0.5) is 5.69 Å². The van der Waals surface area contributed by atoms with Crippen molar-refractivity contribution in [2.75, 3.05) is 18.4 Å². The maximum Gasteiger partial charge on any atom is 0.238 e. The van der Waals surface area contributed by atoms with Crippen molar-refractivity contribution in [3.05, 3.63) is 65.2 Å². The summed E-state index contributed by atoms with van der Waals surface area (Å²) in [7, 11) is 0. The van der Waals surface area contributed by atoms with E-state index in [0.717, 1.165) is 25.1 Å². The van der Waals surface area contributed by atoms with Gasteiger partial charge in [0.15, 0.2) is 0 Å². The molecule has 2 aromatic carbocycles. The summed E-state index contributed by atoms with van der Waals surface area (Å²) in [4.78, 5) is 11.7. The van der Waals surface area contributed by atoms with E-state index >= 15 is 0 Å². The maximum atomic E-state index is 11.7. The number of carbonyl (C=O) groups is 1. The summed E-state index contributed by atoms with van der Waals surface area (Å²) in [6, 6.07) is 17.5. The van der Waals surface area contributed by atoms with Crippen LogP contribution in [0.15, 0.2) is 54.6 Å². The Morgan fingerprint density at radius 2 is 1.86 bits per heavy atom. The molecule has 2 rings (SSSR count). The Morgan fingerprint density at radius 1 is 1.05 bits per heavy atom. The largest absolute Gasteiger partial charge is 0.325 e. The highest BCUT2D eigenvalue weighted by atomic mass is 35.5. The molecule has 4 heteroatoms. The number of halogens is 1. The van der Waals surface area contributed by atoms with E-state index in [2.05, 4.69) is 22.8 Å². The molecule has 0 aliphatic carbocycles. The van der Waals surface area contributed by atoms with Gasteiger partial charge in [-0.05, 0) is 43.1 Å². The third kappa shape index (κ3) is 5.98. The van der Waals surface area contributed by atoms with Crippen LogP contribution in [0.25, 0.3) is 0 Å². The van der Waals surface area contributed by atoms with Crippen LogP contribution < -0.4 is 10.6 Å². The standard InChI is InChI=1S/C17H19ClN2O/c18-15-9-4-10-16(12-15)20-17(21)13-19-11-5-8-14-6-2-1-3-7-14/h1-4,6-7,9-10,12,19H,5,8,11,13H2,(H,20,21). The minimum Gasteiger partial charge on any atom is -0.325 e. The van der Waals surface area contributed by atoms with E-state index in [0.29, 0.717) is 11.6 Å². The van der Waals surface area contributed by atoms with Crippen LogP contribution >= 0.6 is 11.6 Å². The lowest BCUT2D eigenvalue weighted by Crippen LogP contribution is -2.28. The molecule has 0 aromatic heterocycles. The number of benzene rings is 2. The first-order valence-corrected chi connectivity index (χ1v) is 7.42. The monoisotopic (exact) mass is 302 g/mol. The summed E-state index contributed by atoms with van der Waals surface area (Å²) >= 11 is 5.87. The normalized spacial score (nSPS) is 10.3. The van der Waals surface area contributed by atoms with Crippen molar-refractivity contribution in [2.24, 2.45) is 0 Å². The van der Waals surface area contributed by atoms with E-state index < -0.39 is 0 Å². The molecule has 0 bridgehead atoms. The van der Waals surface area contributed by atoms with Gasteiger partial charge in [0, 0.05) is 10.7 Å². The average molecular weight is 303 g/mol. The smallest absolute Gasteiger partial charge is 0.238 e. The molecule has 0 saturated carbocycles. The quantitative estimate of drug-likeness (QED) is 0.769. The number of hydrogen-bond donors (Lipinski definition) is 2. The SMILES string of the molecule is O=C(CNCCCc1ccccc1)Nc1cccc(Cl)c1. The lowest BCUT2D eigenvalue weighted by Gasteiger charge is -2.07. The fourth-order valence-electron chi connectivity index (χ4n) is 2.04. The van der Waals surface area contributed by atoms with Crippen molar-refractivity contribution in [3.63, 3.8) is 0 Å². The first kappa shape index (κ1) is 15.5. The third-order valence-corrected chi connectivity index (χ3v) is 3.29. The average Bonchev–Trinajstić information content (AvgIpc) is 2.48. The third-order valence-electron chi connectivity index (χ3n) is 3.06. The number of carbonyl (C=O) groups excluding carboxylic acids is 1. The summed E-state index contributed by atoms with van der Waals surface area (Å²) in [5.74, 6) is -0.0584. The number of hydrogen-bond acceptors (Lipinski definition) is 2. The predicted molar refractivity (Wildman–Crippen MR) is 87.7 cm³/mol. The van der Waals surface area contributed by atoms with Gasteiger partial charge in [0.25, 0.3) is 0 Å². The number of aryl methyl sites for hydroxylation is 1. The van der Waals surface area contributed by atoms with Crippen molar-refractivity contribution < 1.29 is 4.79 Å². The lowest BCUT2D eigenvalue weighted by molar-refractivity contribution is -0.115. The number of rotatable bonds is 7. The van der Waals surface area contributed by atoms with Crippen LogP contribution in [0.1, 0.15) is 12.0 Å². The zero-order valence-corrected chi connectivity index (χ0v) is 12.6. The Kier molecular flexibility index (Phi) is 6.25. The zero-order chi connectivity index (χ0) is 14.9. The number of amides is 1. The molecule has 110 valence electrons. The molecular formula is C17H19ClN2O. The van der Waals surface area contributed by atoms with Gasteiger partial charge in [-0.25, -0.2) is 0 Å². The maximum absolute atomic E-state index is 11.7. The summed E-state index contributed by atoms with van der Waals surface area (Å²) in [6.45, 7) is 1.12. The fraction of sp³-hybridized carbons (Fsp3) is 0.235.